The van der Waals surface area contributed by atoms with E-state index >= 15 is 0 Å². The number of ether oxygens (including phenoxy) is 3. The summed E-state index contributed by atoms with van der Waals surface area (Å²) in [5.74, 6) is 2.12. The van der Waals surface area contributed by atoms with E-state index in [0.717, 1.165) is 28.2 Å². The van der Waals surface area contributed by atoms with E-state index in [0.29, 0.717) is 16.9 Å². The topological polar surface area (TPSA) is 44.8 Å². The lowest BCUT2D eigenvalue weighted by Crippen LogP contribution is -2.24. The number of aryl methyl sites for hydroxylation is 1. The zero-order valence-corrected chi connectivity index (χ0v) is 16.6. The maximum atomic E-state index is 13.4. The number of hydrogen-bond acceptors (Lipinski definition) is 4. The van der Waals surface area contributed by atoms with E-state index < -0.39 is 6.10 Å². The Balaban J connectivity index is 1.81. The molecule has 0 fully saturated rings. The van der Waals surface area contributed by atoms with Crippen molar-refractivity contribution in [3.8, 4) is 17.2 Å². The second kappa shape index (κ2) is 7.84. The number of benzene rings is 3. The predicted molar refractivity (Wildman–Crippen MR) is 113 cm³/mol. The molecule has 0 spiro atoms. The van der Waals surface area contributed by atoms with Gasteiger partial charge in [0.2, 0.25) is 0 Å². The molecule has 0 N–H and O–H groups in total. The molecule has 3 aromatic carbocycles. The molecular weight excluding hydrogens is 364 g/mol. The van der Waals surface area contributed by atoms with Crippen molar-refractivity contribution in [3.63, 3.8) is 0 Å². The van der Waals surface area contributed by atoms with E-state index in [1.807, 2.05) is 79.7 Å². The molecule has 4 rings (SSSR count). The van der Waals surface area contributed by atoms with E-state index in [1.165, 1.54) is 0 Å². The quantitative estimate of drug-likeness (QED) is 0.562. The Hall–Kier alpha value is -3.53. The molecule has 1 heterocycles. The summed E-state index contributed by atoms with van der Waals surface area (Å²) in [4.78, 5) is 13.4. The molecule has 1 atom stereocenters. The summed E-state index contributed by atoms with van der Waals surface area (Å²) in [6, 6.07) is 20.9. The molecule has 3 aromatic rings. The number of hydrogen-bond donors (Lipinski definition) is 0. The first-order chi connectivity index (χ1) is 14.1. The molecule has 146 valence electrons. The molecule has 1 aliphatic heterocycles. The number of fused-ring (bicyclic) bond motifs is 1. The Morgan fingerprint density at radius 3 is 2.10 bits per heavy atom. The molecule has 0 radical (unpaired) electrons. The van der Waals surface area contributed by atoms with Gasteiger partial charge in [0.1, 0.15) is 17.2 Å². The summed E-state index contributed by atoms with van der Waals surface area (Å²) >= 11 is 0. The molecule has 4 nitrogen and oxygen atoms in total. The average Bonchev–Trinajstić information content (AvgIpc) is 2.76. The van der Waals surface area contributed by atoms with Crippen molar-refractivity contribution in [2.45, 2.75) is 13.0 Å². The highest BCUT2D eigenvalue weighted by molar-refractivity contribution is 6.14. The second-order valence-corrected chi connectivity index (χ2v) is 6.97. The molecule has 29 heavy (non-hydrogen) atoms. The van der Waals surface area contributed by atoms with Crippen LogP contribution < -0.4 is 14.2 Å². The van der Waals surface area contributed by atoms with E-state index in [4.69, 9.17) is 14.2 Å². The van der Waals surface area contributed by atoms with E-state index in [9.17, 15) is 4.79 Å². The Morgan fingerprint density at radius 2 is 1.48 bits per heavy atom. The number of methoxy groups -OCH3 is 2. The summed E-state index contributed by atoms with van der Waals surface area (Å²) in [6.07, 6.45) is 1.39. The highest BCUT2D eigenvalue weighted by Gasteiger charge is 2.33. The largest absolute Gasteiger partial charge is 0.497 e. The first kappa shape index (κ1) is 18.8. The lowest BCUT2D eigenvalue weighted by atomic mass is 9.89. The fraction of sp³-hybridized carbons (Fsp3) is 0.160. The molecule has 0 saturated heterocycles. The molecule has 0 amide bonds. The predicted octanol–water partition coefficient (Wildman–Crippen LogP) is 5.41. The summed E-state index contributed by atoms with van der Waals surface area (Å²) in [7, 11) is 3.26. The van der Waals surface area contributed by atoms with Gasteiger partial charge in [-0.05, 0) is 66.1 Å². The van der Waals surface area contributed by atoms with Crippen LogP contribution >= 0.6 is 0 Å². The van der Waals surface area contributed by atoms with Gasteiger partial charge in [-0.2, -0.15) is 0 Å². The van der Waals surface area contributed by atoms with Gasteiger partial charge in [-0.1, -0.05) is 30.3 Å². The van der Waals surface area contributed by atoms with E-state index in [2.05, 4.69) is 0 Å². The third kappa shape index (κ3) is 3.74. The van der Waals surface area contributed by atoms with Crippen molar-refractivity contribution in [1.82, 2.24) is 0 Å². The minimum Gasteiger partial charge on any atom is -0.497 e. The van der Waals surface area contributed by atoms with E-state index in [1.54, 1.807) is 14.2 Å². The molecule has 1 unspecified atom stereocenters. The second-order valence-electron chi connectivity index (χ2n) is 6.97. The van der Waals surface area contributed by atoms with Gasteiger partial charge in [-0.25, -0.2) is 0 Å². The fourth-order valence-corrected chi connectivity index (χ4v) is 3.43. The van der Waals surface area contributed by atoms with Crippen molar-refractivity contribution >= 4 is 11.9 Å². The molecule has 0 bridgehead atoms. The van der Waals surface area contributed by atoms with Crippen LogP contribution in [0.3, 0.4) is 0 Å². The summed E-state index contributed by atoms with van der Waals surface area (Å²) in [5, 5.41) is 0. The van der Waals surface area contributed by atoms with Crippen molar-refractivity contribution in [2.24, 2.45) is 0 Å². The molecule has 0 saturated carbocycles. The smallest absolute Gasteiger partial charge is 0.196 e. The number of carbonyl (C=O) groups is 1. The Kier molecular flexibility index (Phi) is 5.09. The molecule has 0 aromatic heterocycles. The third-order valence-electron chi connectivity index (χ3n) is 5.03. The maximum absolute atomic E-state index is 13.4. The van der Waals surface area contributed by atoms with E-state index in [-0.39, 0.29) is 5.78 Å². The maximum Gasteiger partial charge on any atom is 0.196 e. The lowest BCUT2D eigenvalue weighted by molar-refractivity contribution is 0.0963. The van der Waals surface area contributed by atoms with Crippen molar-refractivity contribution < 1.29 is 19.0 Å². The highest BCUT2D eigenvalue weighted by atomic mass is 16.5. The number of rotatable bonds is 4. The van der Waals surface area contributed by atoms with Crippen LogP contribution in [0.4, 0.5) is 0 Å². The van der Waals surface area contributed by atoms with Gasteiger partial charge < -0.3 is 14.2 Å². The van der Waals surface area contributed by atoms with Gasteiger partial charge in [0.15, 0.2) is 11.9 Å². The first-order valence-electron chi connectivity index (χ1n) is 9.40. The van der Waals surface area contributed by atoms with Crippen LogP contribution in [0.25, 0.3) is 6.08 Å². The minimum absolute atomic E-state index is 0.0251. The minimum atomic E-state index is -0.496. The van der Waals surface area contributed by atoms with Crippen molar-refractivity contribution in [3.05, 3.63) is 94.6 Å². The Bertz CT molecular complexity index is 1060. The van der Waals surface area contributed by atoms with Gasteiger partial charge >= 0.3 is 0 Å². The van der Waals surface area contributed by atoms with Crippen LogP contribution in [0.5, 0.6) is 17.2 Å². The van der Waals surface area contributed by atoms with Crippen molar-refractivity contribution in [2.75, 3.05) is 14.2 Å². The average molecular weight is 386 g/mol. The number of ketones is 1. The van der Waals surface area contributed by atoms with Crippen molar-refractivity contribution in [1.29, 1.82) is 0 Å². The summed E-state index contributed by atoms with van der Waals surface area (Å²) in [6.45, 7) is 1.99. The Labute approximate surface area is 170 Å². The van der Waals surface area contributed by atoms with Crippen LogP contribution in [0.15, 0.2) is 72.3 Å². The summed E-state index contributed by atoms with van der Waals surface area (Å²) in [5.41, 5.74) is 4.03. The van der Waals surface area contributed by atoms with Gasteiger partial charge in [-0.15, -0.1) is 0 Å². The van der Waals surface area contributed by atoms with Gasteiger partial charge in [0.25, 0.3) is 0 Å². The zero-order valence-electron chi connectivity index (χ0n) is 16.6. The normalized spacial score (nSPS) is 16.9. The van der Waals surface area contributed by atoms with Crippen LogP contribution in [0.2, 0.25) is 0 Å². The number of carbonyl (C=O) groups excluding carboxylic acids is 1. The first-order valence-corrected chi connectivity index (χ1v) is 9.40. The fourth-order valence-electron chi connectivity index (χ4n) is 3.43. The zero-order chi connectivity index (χ0) is 20.4. The number of Topliss-reactive ketones (excluding diaryl/α,β-unsaturated/α-hetero) is 1. The van der Waals surface area contributed by atoms with Crippen LogP contribution in [-0.4, -0.2) is 20.0 Å². The SMILES string of the molecule is COc1ccc(/C=C2/C(=O)c3ccc(C)cc3OC2c2ccc(OC)cc2)cc1. The van der Waals surface area contributed by atoms with Crippen LogP contribution in [-0.2, 0) is 0 Å². The molecular formula is C25H22O4. The third-order valence-corrected chi connectivity index (χ3v) is 5.03. The molecule has 1 aliphatic rings. The molecule has 0 aliphatic carbocycles. The standard InChI is InChI=1S/C25H22O4/c1-16-4-13-21-23(14-16)29-25(18-7-11-20(28-3)12-8-18)22(24(21)26)15-17-5-9-19(27-2)10-6-17/h4-15,25H,1-3H3/b22-15-. The summed E-state index contributed by atoms with van der Waals surface area (Å²) < 4.78 is 16.8. The highest BCUT2D eigenvalue weighted by Crippen LogP contribution is 2.40. The van der Waals surface area contributed by atoms with Crippen LogP contribution in [0, 0.1) is 6.92 Å². The lowest BCUT2D eigenvalue weighted by Gasteiger charge is -2.28. The monoisotopic (exact) mass is 386 g/mol. The van der Waals surface area contributed by atoms with Gasteiger partial charge in [-0.3, -0.25) is 4.79 Å². The Morgan fingerprint density at radius 1 is 0.862 bits per heavy atom. The van der Waals surface area contributed by atoms with Gasteiger partial charge in [0, 0.05) is 5.57 Å². The van der Waals surface area contributed by atoms with Crippen LogP contribution in [0.1, 0.15) is 33.2 Å². The van der Waals surface area contributed by atoms with Gasteiger partial charge in [0.05, 0.1) is 19.8 Å². The molecule has 4 heteroatoms.